The van der Waals surface area contributed by atoms with E-state index in [1.54, 1.807) is 6.08 Å². The first kappa shape index (κ1) is 25.4. The van der Waals surface area contributed by atoms with E-state index < -0.39 is 0 Å². The highest BCUT2D eigenvalue weighted by Gasteiger charge is 2.37. The van der Waals surface area contributed by atoms with Crippen LogP contribution in [0.1, 0.15) is 44.0 Å². The van der Waals surface area contributed by atoms with Gasteiger partial charge >= 0.3 is 0 Å². The molecule has 0 spiro atoms. The van der Waals surface area contributed by atoms with Gasteiger partial charge in [0, 0.05) is 18.5 Å². The fourth-order valence-electron chi connectivity index (χ4n) is 4.70. The van der Waals surface area contributed by atoms with Gasteiger partial charge in [-0.15, -0.1) is 0 Å². The predicted octanol–water partition coefficient (Wildman–Crippen LogP) is 6.48. The molecule has 2 N–H and O–H groups in total. The van der Waals surface area contributed by atoms with Gasteiger partial charge in [-0.25, -0.2) is 4.98 Å². The first-order valence-corrected chi connectivity index (χ1v) is 12.8. The number of para-hydroxylation sites is 1. The lowest BCUT2D eigenvalue weighted by Crippen LogP contribution is -2.43. The van der Waals surface area contributed by atoms with Gasteiger partial charge in [0.05, 0.1) is 41.2 Å². The quantitative estimate of drug-likeness (QED) is 0.243. The molecule has 5 nitrogen and oxygen atoms in total. The van der Waals surface area contributed by atoms with Crippen LogP contribution in [0.15, 0.2) is 90.5 Å². The standard InChI is InChI=1S/C31H36N4O/c1-5-9-15-23(6-2)28-29(32-20-21-36-8-4)27(25-18-13-14-19-26(25)34-28)30-33-22-31(7-3,35-30)24-16-11-10-12-17-24/h5-6,9-19,32H,1,7-8,20-22H2,2-4H3,(H,33,35)/b15-9-,23-6+. The van der Waals surface area contributed by atoms with Crippen molar-refractivity contribution in [2.75, 3.05) is 31.6 Å². The smallest absolute Gasteiger partial charge is 0.132 e. The van der Waals surface area contributed by atoms with Gasteiger partial charge in [-0.1, -0.05) is 86.3 Å². The van der Waals surface area contributed by atoms with Gasteiger partial charge in [0.1, 0.15) is 5.84 Å². The zero-order valence-corrected chi connectivity index (χ0v) is 21.6. The van der Waals surface area contributed by atoms with Crippen LogP contribution in [0.4, 0.5) is 5.69 Å². The molecule has 1 aliphatic rings. The molecule has 186 valence electrons. The average molecular weight is 481 g/mol. The van der Waals surface area contributed by atoms with E-state index in [1.165, 1.54) is 5.56 Å². The lowest BCUT2D eigenvalue weighted by molar-refractivity contribution is 0.158. The van der Waals surface area contributed by atoms with Gasteiger partial charge in [0.25, 0.3) is 0 Å². The second-order valence-corrected chi connectivity index (χ2v) is 8.78. The average Bonchev–Trinajstić information content (AvgIpc) is 3.37. The molecule has 1 aliphatic heterocycles. The maximum Gasteiger partial charge on any atom is 0.132 e. The summed E-state index contributed by atoms with van der Waals surface area (Å²) in [5, 5.41) is 8.56. The predicted molar refractivity (Wildman–Crippen MR) is 153 cm³/mol. The summed E-state index contributed by atoms with van der Waals surface area (Å²) in [6.07, 6.45) is 8.78. The summed E-state index contributed by atoms with van der Waals surface area (Å²) >= 11 is 0. The van der Waals surface area contributed by atoms with Crippen molar-refractivity contribution >= 4 is 28.0 Å². The number of hydrogen-bond donors (Lipinski definition) is 2. The summed E-state index contributed by atoms with van der Waals surface area (Å²) in [7, 11) is 0. The SMILES string of the molecule is C=C/C=C\C(=C/C)c1nc2ccccc2c(C2=NCC(CC)(c3ccccc3)N2)c1NCCOCC. The molecule has 1 atom stereocenters. The van der Waals surface area contributed by atoms with Crippen molar-refractivity contribution in [1.29, 1.82) is 0 Å². The monoisotopic (exact) mass is 480 g/mol. The second-order valence-electron chi connectivity index (χ2n) is 8.78. The van der Waals surface area contributed by atoms with E-state index in [0.717, 1.165) is 45.7 Å². The van der Waals surface area contributed by atoms with E-state index in [9.17, 15) is 0 Å². The van der Waals surface area contributed by atoms with Crippen molar-refractivity contribution in [1.82, 2.24) is 10.3 Å². The highest BCUT2D eigenvalue weighted by molar-refractivity contribution is 6.16. The third kappa shape index (κ3) is 5.12. The highest BCUT2D eigenvalue weighted by atomic mass is 16.5. The second kappa shape index (κ2) is 11.8. The molecule has 0 bridgehead atoms. The number of aliphatic imine (C=N–C) groups is 1. The largest absolute Gasteiger partial charge is 0.380 e. The lowest BCUT2D eigenvalue weighted by atomic mass is 9.88. The van der Waals surface area contributed by atoms with Crippen molar-refractivity contribution in [3.05, 3.63) is 102 Å². The number of fused-ring (bicyclic) bond motifs is 1. The number of allylic oxidation sites excluding steroid dienone is 5. The zero-order chi connectivity index (χ0) is 25.4. The van der Waals surface area contributed by atoms with Crippen molar-refractivity contribution < 1.29 is 4.74 Å². The summed E-state index contributed by atoms with van der Waals surface area (Å²) in [5.74, 6) is 0.891. The van der Waals surface area contributed by atoms with Gasteiger partial charge < -0.3 is 15.4 Å². The first-order valence-electron chi connectivity index (χ1n) is 12.8. The molecule has 5 heteroatoms. The number of nitrogens with zero attached hydrogens (tertiary/aromatic N) is 2. The maximum absolute atomic E-state index is 5.64. The molecule has 0 amide bonds. The van der Waals surface area contributed by atoms with E-state index in [1.807, 2.05) is 32.1 Å². The van der Waals surface area contributed by atoms with Gasteiger partial charge in [-0.05, 0) is 37.5 Å². The van der Waals surface area contributed by atoms with Gasteiger partial charge in [-0.3, -0.25) is 4.99 Å². The molecule has 0 aliphatic carbocycles. The topological polar surface area (TPSA) is 58.5 Å². The molecule has 2 aromatic carbocycles. The van der Waals surface area contributed by atoms with Crippen LogP contribution in [0, 0.1) is 0 Å². The summed E-state index contributed by atoms with van der Waals surface area (Å²) in [4.78, 5) is 10.2. The third-order valence-electron chi connectivity index (χ3n) is 6.67. The summed E-state index contributed by atoms with van der Waals surface area (Å²) in [6, 6.07) is 18.9. The Bertz CT molecular complexity index is 1290. The molecular formula is C31H36N4O. The molecule has 4 rings (SSSR count). The minimum Gasteiger partial charge on any atom is -0.380 e. The maximum atomic E-state index is 5.64. The Labute approximate surface area is 214 Å². The normalized spacial score (nSPS) is 17.9. The Morgan fingerprint density at radius 2 is 1.92 bits per heavy atom. The van der Waals surface area contributed by atoms with Crippen molar-refractivity contribution in [2.24, 2.45) is 4.99 Å². The molecule has 0 saturated heterocycles. The molecule has 1 unspecified atom stereocenters. The number of anilines is 1. The Balaban J connectivity index is 1.89. The molecule has 0 radical (unpaired) electrons. The number of amidine groups is 1. The fraction of sp³-hybridized carbons (Fsp3) is 0.290. The van der Waals surface area contributed by atoms with Crippen molar-refractivity contribution in [2.45, 2.75) is 32.7 Å². The Hall–Kier alpha value is -3.70. The Kier molecular flexibility index (Phi) is 8.34. The van der Waals surface area contributed by atoms with Gasteiger partial charge in [-0.2, -0.15) is 0 Å². The van der Waals surface area contributed by atoms with Crippen LogP contribution in [0.5, 0.6) is 0 Å². The van der Waals surface area contributed by atoms with Crippen molar-refractivity contribution in [3.63, 3.8) is 0 Å². The number of rotatable bonds is 11. The number of nitrogens with one attached hydrogen (secondary N) is 2. The molecule has 1 aromatic heterocycles. The van der Waals surface area contributed by atoms with E-state index in [4.69, 9.17) is 14.7 Å². The number of hydrogen-bond acceptors (Lipinski definition) is 5. The number of ether oxygens (including phenoxy) is 1. The lowest BCUT2D eigenvalue weighted by Gasteiger charge is -2.30. The van der Waals surface area contributed by atoms with E-state index >= 15 is 0 Å². The van der Waals surface area contributed by atoms with Crippen LogP contribution in [-0.4, -0.2) is 37.1 Å². The number of aromatic nitrogens is 1. The molecule has 0 saturated carbocycles. The molecule has 2 heterocycles. The van der Waals surface area contributed by atoms with Crippen molar-refractivity contribution in [3.8, 4) is 0 Å². The minimum atomic E-state index is -0.240. The summed E-state index contributed by atoms with van der Waals surface area (Å²) < 4.78 is 5.64. The van der Waals surface area contributed by atoms with Crippen LogP contribution >= 0.6 is 0 Å². The van der Waals surface area contributed by atoms with Crippen LogP contribution in [0.25, 0.3) is 16.5 Å². The van der Waals surface area contributed by atoms with Crippen LogP contribution in [0.2, 0.25) is 0 Å². The fourth-order valence-corrected chi connectivity index (χ4v) is 4.70. The van der Waals surface area contributed by atoms with E-state index in [-0.39, 0.29) is 5.54 Å². The van der Waals surface area contributed by atoms with Crippen LogP contribution < -0.4 is 10.6 Å². The first-order chi connectivity index (χ1) is 17.7. The molecule has 3 aromatic rings. The van der Waals surface area contributed by atoms with E-state index in [0.29, 0.717) is 26.3 Å². The minimum absolute atomic E-state index is 0.240. The Morgan fingerprint density at radius 3 is 2.64 bits per heavy atom. The van der Waals surface area contributed by atoms with Gasteiger partial charge in [0.2, 0.25) is 0 Å². The Morgan fingerprint density at radius 1 is 1.14 bits per heavy atom. The van der Waals surface area contributed by atoms with Crippen LogP contribution in [-0.2, 0) is 10.3 Å². The molecular weight excluding hydrogens is 444 g/mol. The molecule has 0 fully saturated rings. The third-order valence-corrected chi connectivity index (χ3v) is 6.67. The highest BCUT2D eigenvalue weighted by Crippen LogP contribution is 2.37. The summed E-state index contributed by atoms with van der Waals surface area (Å²) in [5.41, 5.74) is 5.85. The zero-order valence-electron chi connectivity index (χ0n) is 21.6. The van der Waals surface area contributed by atoms with Gasteiger partial charge in [0.15, 0.2) is 0 Å². The number of benzene rings is 2. The summed E-state index contributed by atoms with van der Waals surface area (Å²) in [6.45, 7) is 12.7. The van der Waals surface area contributed by atoms with Crippen LogP contribution in [0.3, 0.4) is 0 Å². The molecule has 36 heavy (non-hydrogen) atoms. The number of pyridine rings is 1. The van der Waals surface area contributed by atoms with E-state index in [2.05, 4.69) is 78.7 Å².